The predicted molar refractivity (Wildman–Crippen MR) is 90.7 cm³/mol. The van der Waals surface area contributed by atoms with Gasteiger partial charge in [0.05, 0.1) is 19.3 Å². The number of rotatable bonds is 7. The minimum absolute atomic E-state index is 0.254. The molecule has 0 saturated carbocycles. The van der Waals surface area contributed by atoms with E-state index >= 15 is 0 Å². The second-order valence-corrected chi connectivity index (χ2v) is 7.01. The van der Waals surface area contributed by atoms with Crippen molar-refractivity contribution >= 4 is 0 Å². The van der Waals surface area contributed by atoms with Gasteiger partial charge in [-0.05, 0) is 45.2 Å². The van der Waals surface area contributed by atoms with E-state index in [0.29, 0.717) is 31.8 Å². The van der Waals surface area contributed by atoms with Crippen LogP contribution in [0.4, 0.5) is 0 Å². The zero-order valence-electron chi connectivity index (χ0n) is 14.9. The van der Waals surface area contributed by atoms with Crippen molar-refractivity contribution in [3.63, 3.8) is 0 Å². The van der Waals surface area contributed by atoms with Crippen molar-refractivity contribution < 1.29 is 14.2 Å². The second-order valence-electron chi connectivity index (χ2n) is 7.01. The third-order valence-electron chi connectivity index (χ3n) is 4.21. The van der Waals surface area contributed by atoms with Crippen molar-refractivity contribution in [1.29, 1.82) is 0 Å². The molecular formula is C18H30N2O3. The van der Waals surface area contributed by atoms with E-state index in [1.807, 2.05) is 12.1 Å². The van der Waals surface area contributed by atoms with Crippen LogP contribution in [0.3, 0.4) is 0 Å². The van der Waals surface area contributed by atoms with Gasteiger partial charge < -0.3 is 14.2 Å². The Morgan fingerprint density at radius 3 is 2.61 bits per heavy atom. The van der Waals surface area contributed by atoms with E-state index in [1.165, 1.54) is 0 Å². The maximum absolute atomic E-state index is 6.08. The summed E-state index contributed by atoms with van der Waals surface area (Å²) in [6.45, 7) is 10.7. The number of methoxy groups -OCH3 is 1. The lowest BCUT2D eigenvalue weighted by atomic mass is 9.99. The number of nitrogens with zero attached hydrogens (tertiary/aromatic N) is 2. The Hall–Kier alpha value is -1.17. The Balaban J connectivity index is 1.75. The molecule has 0 atom stereocenters. The first kappa shape index (κ1) is 18.2. The number of pyridine rings is 1. The average molecular weight is 322 g/mol. The molecule has 1 aliphatic rings. The van der Waals surface area contributed by atoms with Crippen LogP contribution in [0, 0.1) is 0 Å². The monoisotopic (exact) mass is 322 g/mol. The van der Waals surface area contributed by atoms with E-state index in [4.69, 9.17) is 14.2 Å². The number of likely N-dealkylation sites (tertiary alicyclic amines) is 1. The van der Waals surface area contributed by atoms with Gasteiger partial charge in [-0.15, -0.1) is 0 Å². The smallest absolute Gasteiger partial charge is 0.213 e. The summed E-state index contributed by atoms with van der Waals surface area (Å²) in [5.41, 5.74) is 1.36. The normalized spacial score (nSPS) is 17.4. The summed E-state index contributed by atoms with van der Waals surface area (Å²) in [6.07, 6.45) is 4.31. The van der Waals surface area contributed by atoms with Gasteiger partial charge in [0.25, 0.3) is 0 Å². The van der Waals surface area contributed by atoms with Crippen molar-refractivity contribution in [2.45, 2.75) is 51.9 Å². The summed E-state index contributed by atoms with van der Waals surface area (Å²) in [5.74, 6) is 0.630. The summed E-state index contributed by atoms with van der Waals surface area (Å²) >= 11 is 0. The van der Waals surface area contributed by atoms with Crippen LogP contribution < -0.4 is 4.74 Å². The van der Waals surface area contributed by atoms with Crippen molar-refractivity contribution in [2.75, 3.05) is 33.4 Å². The average Bonchev–Trinajstić information content (AvgIpc) is 2.53. The second kappa shape index (κ2) is 8.62. The summed E-state index contributed by atoms with van der Waals surface area (Å²) in [5, 5.41) is 0. The highest BCUT2D eigenvalue weighted by atomic mass is 16.5. The quantitative estimate of drug-likeness (QED) is 0.722. The van der Waals surface area contributed by atoms with Crippen molar-refractivity contribution in [3.8, 4) is 5.88 Å². The molecule has 1 aromatic rings. The predicted octanol–water partition coefficient (Wildman–Crippen LogP) is 2.89. The Morgan fingerprint density at radius 1 is 1.22 bits per heavy atom. The van der Waals surface area contributed by atoms with Crippen LogP contribution in [0.5, 0.6) is 5.88 Å². The first-order valence-electron chi connectivity index (χ1n) is 8.42. The van der Waals surface area contributed by atoms with Gasteiger partial charge in [0.1, 0.15) is 6.61 Å². The molecule has 0 N–H and O–H groups in total. The summed E-state index contributed by atoms with van der Waals surface area (Å²) in [7, 11) is 1.66. The number of ether oxygens (including phenoxy) is 3. The molecule has 0 amide bonds. The summed E-state index contributed by atoms with van der Waals surface area (Å²) in [4.78, 5) is 6.73. The van der Waals surface area contributed by atoms with Gasteiger partial charge in [0.2, 0.25) is 5.88 Å². The number of hydrogen-bond acceptors (Lipinski definition) is 5. The van der Waals surface area contributed by atoms with Crippen LogP contribution in [0.1, 0.15) is 39.2 Å². The van der Waals surface area contributed by atoms with Crippen molar-refractivity contribution in [3.05, 3.63) is 23.9 Å². The molecule has 1 fully saturated rings. The zero-order valence-corrected chi connectivity index (χ0v) is 14.9. The minimum atomic E-state index is 0.254. The maximum Gasteiger partial charge on any atom is 0.213 e. The molecular weight excluding hydrogens is 292 g/mol. The zero-order chi connectivity index (χ0) is 16.7. The van der Waals surface area contributed by atoms with Gasteiger partial charge in [0, 0.05) is 38.0 Å². The summed E-state index contributed by atoms with van der Waals surface area (Å²) in [6, 6.07) is 3.92. The molecule has 2 rings (SSSR count). The molecule has 0 spiro atoms. The van der Waals surface area contributed by atoms with E-state index in [-0.39, 0.29) is 5.54 Å². The molecule has 5 nitrogen and oxygen atoms in total. The van der Waals surface area contributed by atoms with Crippen LogP contribution in [0.25, 0.3) is 0 Å². The lowest BCUT2D eigenvalue weighted by Crippen LogP contribution is -2.47. The number of hydrogen-bond donors (Lipinski definition) is 0. The summed E-state index contributed by atoms with van der Waals surface area (Å²) < 4.78 is 16.6. The van der Waals surface area contributed by atoms with Crippen LogP contribution >= 0.6 is 0 Å². The lowest BCUT2D eigenvalue weighted by Gasteiger charge is -2.40. The minimum Gasteiger partial charge on any atom is -0.475 e. The third-order valence-corrected chi connectivity index (χ3v) is 4.21. The Labute approximate surface area is 139 Å². The molecule has 0 aliphatic carbocycles. The van der Waals surface area contributed by atoms with Crippen LogP contribution in [0.2, 0.25) is 0 Å². The molecule has 1 aliphatic heterocycles. The first-order valence-corrected chi connectivity index (χ1v) is 8.42. The lowest BCUT2D eigenvalue weighted by molar-refractivity contribution is -0.0209. The van der Waals surface area contributed by atoms with Crippen LogP contribution in [-0.4, -0.2) is 54.9 Å². The highest BCUT2D eigenvalue weighted by molar-refractivity contribution is 5.19. The molecule has 0 unspecified atom stereocenters. The number of aromatic nitrogens is 1. The van der Waals surface area contributed by atoms with Gasteiger partial charge in [-0.3, -0.25) is 4.90 Å². The molecule has 0 bridgehead atoms. The molecule has 0 radical (unpaired) electrons. The molecule has 1 saturated heterocycles. The number of piperidine rings is 1. The van der Waals surface area contributed by atoms with Crippen LogP contribution in [-0.2, 0) is 16.1 Å². The van der Waals surface area contributed by atoms with Gasteiger partial charge in [0.15, 0.2) is 0 Å². The standard InChI is InChI=1S/C18H30N2O3/c1-18(2,3)20-9-6-16(7-10-20)23-14-15-5-8-19-17(13-15)22-12-11-21-4/h5,8,13,16H,6-7,9-12,14H2,1-4H3. The van der Waals surface area contributed by atoms with E-state index in [2.05, 4.69) is 30.7 Å². The fourth-order valence-electron chi connectivity index (χ4n) is 2.76. The fraction of sp³-hybridized carbons (Fsp3) is 0.722. The molecule has 130 valence electrons. The van der Waals surface area contributed by atoms with Crippen LogP contribution in [0.15, 0.2) is 18.3 Å². The topological polar surface area (TPSA) is 43.8 Å². The fourth-order valence-corrected chi connectivity index (χ4v) is 2.76. The third kappa shape index (κ3) is 6.09. The SMILES string of the molecule is COCCOc1cc(COC2CCN(C(C)(C)C)CC2)ccn1. The van der Waals surface area contributed by atoms with Gasteiger partial charge in [-0.1, -0.05) is 0 Å². The molecule has 5 heteroatoms. The maximum atomic E-state index is 6.08. The highest BCUT2D eigenvalue weighted by Crippen LogP contribution is 2.22. The van der Waals surface area contributed by atoms with Crippen molar-refractivity contribution in [1.82, 2.24) is 9.88 Å². The van der Waals surface area contributed by atoms with E-state index < -0.39 is 0 Å². The Bertz CT molecular complexity index is 466. The Morgan fingerprint density at radius 2 is 1.96 bits per heavy atom. The van der Waals surface area contributed by atoms with Gasteiger partial charge in [-0.25, -0.2) is 4.98 Å². The molecule has 1 aromatic heterocycles. The van der Waals surface area contributed by atoms with Crippen molar-refractivity contribution in [2.24, 2.45) is 0 Å². The van der Waals surface area contributed by atoms with E-state index in [1.54, 1.807) is 13.3 Å². The van der Waals surface area contributed by atoms with E-state index in [9.17, 15) is 0 Å². The molecule has 23 heavy (non-hydrogen) atoms. The Kier molecular flexibility index (Phi) is 6.81. The molecule has 2 heterocycles. The highest BCUT2D eigenvalue weighted by Gasteiger charge is 2.27. The first-order chi connectivity index (χ1) is 11.0. The largest absolute Gasteiger partial charge is 0.475 e. The van der Waals surface area contributed by atoms with Gasteiger partial charge in [-0.2, -0.15) is 0 Å². The van der Waals surface area contributed by atoms with Gasteiger partial charge >= 0.3 is 0 Å². The van der Waals surface area contributed by atoms with E-state index in [0.717, 1.165) is 31.5 Å². The molecule has 0 aromatic carbocycles.